The molecule has 2 bridgehead atoms. The zero-order valence-corrected chi connectivity index (χ0v) is 24.8. The summed E-state index contributed by atoms with van der Waals surface area (Å²) in [6.07, 6.45) is -1.31. The topological polar surface area (TPSA) is 129 Å². The Hall–Kier alpha value is -4.86. The summed E-state index contributed by atoms with van der Waals surface area (Å²) in [6.45, 7) is 0. The zero-order chi connectivity index (χ0) is 31.2. The smallest absolute Gasteiger partial charge is 0.193 e. The van der Waals surface area contributed by atoms with E-state index < -0.39 is 24.2 Å². The molecule has 1 aliphatic heterocycles. The highest BCUT2D eigenvalue weighted by Gasteiger charge is 2.50. The van der Waals surface area contributed by atoms with Crippen molar-refractivity contribution in [2.45, 2.75) is 49.9 Å². The van der Waals surface area contributed by atoms with Crippen molar-refractivity contribution in [3.63, 3.8) is 0 Å². The molecular weight excluding hydrogens is 576 g/mol. The Bertz CT molecular complexity index is 2010. The van der Waals surface area contributed by atoms with Crippen molar-refractivity contribution in [2.75, 3.05) is 14.2 Å². The maximum Gasteiger partial charge on any atom is 0.193 e. The normalized spacial score (nSPS) is 19.8. The Morgan fingerprint density at radius 1 is 0.711 bits per heavy atom. The fourth-order valence-electron chi connectivity index (χ4n) is 6.39. The first-order valence-corrected chi connectivity index (χ1v) is 14.9. The van der Waals surface area contributed by atoms with Crippen LogP contribution < -0.4 is 25.1 Å². The number of aliphatic hydroxyl groups is 2. The first-order chi connectivity index (χ1) is 21.8. The summed E-state index contributed by atoms with van der Waals surface area (Å²) >= 11 is 0. The summed E-state index contributed by atoms with van der Waals surface area (Å²) in [5, 5.41) is 22.9. The largest absolute Gasteiger partial charge is 0.497 e. The lowest BCUT2D eigenvalue weighted by Gasteiger charge is -2.43. The van der Waals surface area contributed by atoms with Crippen LogP contribution in [0.4, 0.5) is 0 Å². The zero-order valence-electron chi connectivity index (χ0n) is 24.8. The molecular formula is C36H32O9. The molecule has 0 fully saturated rings. The minimum absolute atomic E-state index is 0.142. The average Bonchev–Trinajstić information content (AvgIpc) is 3.05. The van der Waals surface area contributed by atoms with Crippen LogP contribution >= 0.6 is 0 Å². The molecule has 0 spiro atoms. The van der Waals surface area contributed by atoms with Crippen LogP contribution in [-0.4, -0.2) is 36.6 Å². The van der Waals surface area contributed by atoms with Gasteiger partial charge in [0.15, 0.2) is 23.1 Å². The van der Waals surface area contributed by atoms with Crippen LogP contribution in [0.3, 0.4) is 0 Å². The van der Waals surface area contributed by atoms with Crippen molar-refractivity contribution in [3.8, 4) is 17.2 Å². The SMILES string of the molecule is COc1ccc(CCc2cc(=O)c3c(o2)C(O)C2Oc4cc(CCc5cc(=O)c6cc(OC)ccc6o5)ccc4C3C2O)cc1. The van der Waals surface area contributed by atoms with Gasteiger partial charge in [0.25, 0.3) is 0 Å². The van der Waals surface area contributed by atoms with Gasteiger partial charge in [0.05, 0.1) is 25.2 Å². The Morgan fingerprint density at radius 2 is 1.38 bits per heavy atom. The van der Waals surface area contributed by atoms with Gasteiger partial charge in [-0.3, -0.25) is 9.59 Å². The summed E-state index contributed by atoms with van der Waals surface area (Å²) < 4.78 is 28.7. The molecule has 230 valence electrons. The highest BCUT2D eigenvalue weighted by Crippen LogP contribution is 2.48. The van der Waals surface area contributed by atoms with E-state index in [-0.39, 0.29) is 22.2 Å². The molecule has 7 rings (SSSR count). The van der Waals surface area contributed by atoms with E-state index in [9.17, 15) is 19.8 Å². The summed E-state index contributed by atoms with van der Waals surface area (Å²) in [5.74, 6) is 2.29. The lowest BCUT2D eigenvalue weighted by atomic mass is 9.74. The quantitative estimate of drug-likeness (QED) is 0.259. The maximum absolute atomic E-state index is 13.5. The number of methoxy groups -OCH3 is 2. The van der Waals surface area contributed by atoms with E-state index >= 15 is 0 Å². The second kappa shape index (κ2) is 11.6. The molecule has 0 radical (unpaired) electrons. The van der Waals surface area contributed by atoms with E-state index in [1.54, 1.807) is 32.4 Å². The molecule has 3 heterocycles. The lowest BCUT2D eigenvalue weighted by molar-refractivity contribution is -0.0826. The number of ether oxygens (including phenoxy) is 3. The number of aliphatic hydroxyl groups excluding tert-OH is 2. The second-order valence-corrected chi connectivity index (χ2v) is 11.5. The van der Waals surface area contributed by atoms with Crippen molar-refractivity contribution in [1.29, 1.82) is 0 Å². The van der Waals surface area contributed by atoms with E-state index in [2.05, 4.69) is 0 Å². The number of hydrogen-bond acceptors (Lipinski definition) is 9. The summed E-state index contributed by atoms with van der Waals surface area (Å²) in [6, 6.07) is 21.4. The number of benzene rings is 3. The van der Waals surface area contributed by atoms with Crippen LogP contribution in [0.1, 0.15) is 51.6 Å². The van der Waals surface area contributed by atoms with Crippen molar-refractivity contribution in [1.82, 2.24) is 0 Å². The van der Waals surface area contributed by atoms with E-state index in [1.807, 2.05) is 42.5 Å². The molecule has 4 atom stereocenters. The third-order valence-electron chi connectivity index (χ3n) is 8.77. The molecule has 1 aliphatic carbocycles. The van der Waals surface area contributed by atoms with Gasteiger partial charge < -0.3 is 33.3 Å². The third-order valence-corrected chi connectivity index (χ3v) is 8.77. The molecule has 2 aromatic heterocycles. The first kappa shape index (κ1) is 28.9. The molecule has 2 N–H and O–H groups in total. The Labute approximate surface area is 258 Å². The maximum atomic E-state index is 13.5. The Balaban J connectivity index is 1.13. The van der Waals surface area contributed by atoms with Gasteiger partial charge in [-0.05, 0) is 60.4 Å². The van der Waals surface area contributed by atoms with Crippen LogP contribution in [0, 0.1) is 0 Å². The summed E-state index contributed by atoms with van der Waals surface area (Å²) in [5.41, 5.74) is 2.94. The van der Waals surface area contributed by atoms with Gasteiger partial charge in [-0.25, -0.2) is 0 Å². The molecule has 3 aromatic carbocycles. The molecule has 9 heteroatoms. The predicted octanol–water partition coefficient (Wildman–Crippen LogP) is 4.63. The number of aryl methyl sites for hydroxylation is 4. The fraction of sp³-hybridized carbons (Fsp3) is 0.278. The van der Waals surface area contributed by atoms with E-state index in [0.717, 1.165) is 16.9 Å². The van der Waals surface area contributed by atoms with Gasteiger partial charge in [0, 0.05) is 36.5 Å². The molecule has 5 aromatic rings. The van der Waals surface area contributed by atoms with Gasteiger partial charge in [0.1, 0.15) is 46.2 Å². The van der Waals surface area contributed by atoms with Gasteiger partial charge >= 0.3 is 0 Å². The lowest BCUT2D eigenvalue weighted by Crippen LogP contribution is -2.50. The van der Waals surface area contributed by atoms with Gasteiger partial charge in [-0.15, -0.1) is 0 Å². The minimum Gasteiger partial charge on any atom is -0.497 e. The van der Waals surface area contributed by atoms with Crippen molar-refractivity contribution >= 4 is 11.0 Å². The number of hydrogen-bond donors (Lipinski definition) is 2. The molecule has 0 saturated carbocycles. The molecule has 4 unspecified atom stereocenters. The van der Waals surface area contributed by atoms with Crippen LogP contribution in [-0.2, 0) is 25.7 Å². The molecule has 9 nitrogen and oxygen atoms in total. The van der Waals surface area contributed by atoms with Crippen LogP contribution in [0.15, 0.2) is 91.2 Å². The van der Waals surface area contributed by atoms with Crippen LogP contribution in [0.5, 0.6) is 17.2 Å². The number of rotatable bonds is 8. The monoisotopic (exact) mass is 608 g/mol. The molecule has 45 heavy (non-hydrogen) atoms. The number of fused-ring (bicyclic) bond motifs is 7. The predicted molar refractivity (Wildman–Crippen MR) is 165 cm³/mol. The van der Waals surface area contributed by atoms with E-state index in [1.165, 1.54) is 12.1 Å². The van der Waals surface area contributed by atoms with Gasteiger partial charge in [0.2, 0.25) is 0 Å². The first-order valence-electron chi connectivity index (χ1n) is 14.9. The van der Waals surface area contributed by atoms with E-state index in [4.69, 9.17) is 23.0 Å². The minimum atomic E-state index is -1.32. The third kappa shape index (κ3) is 5.28. The molecule has 0 amide bonds. The molecule has 2 aliphatic rings. The van der Waals surface area contributed by atoms with Crippen molar-refractivity contribution < 1.29 is 33.3 Å². The average molecular weight is 609 g/mol. The van der Waals surface area contributed by atoms with Crippen molar-refractivity contribution in [2.24, 2.45) is 0 Å². The van der Waals surface area contributed by atoms with Gasteiger partial charge in [-0.2, -0.15) is 0 Å². The highest BCUT2D eigenvalue weighted by atomic mass is 16.5. The summed E-state index contributed by atoms with van der Waals surface area (Å²) in [4.78, 5) is 26.2. The van der Waals surface area contributed by atoms with Crippen LogP contribution in [0.25, 0.3) is 11.0 Å². The Kier molecular flexibility index (Phi) is 7.43. The van der Waals surface area contributed by atoms with E-state index in [0.29, 0.717) is 65.2 Å². The van der Waals surface area contributed by atoms with Crippen molar-refractivity contribution in [3.05, 3.63) is 133 Å². The highest BCUT2D eigenvalue weighted by molar-refractivity contribution is 5.78. The van der Waals surface area contributed by atoms with Gasteiger partial charge in [-0.1, -0.05) is 24.3 Å². The fourth-order valence-corrected chi connectivity index (χ4v) is 6.39. The van der Waals surface area contributed by atoms with Crippen LogP contribution in [0.2, 0.25) is 0 Å². The second-order valence-electron chi connectivity index (χ2n) is 11.5. The summed E-state index contributed by atoms with van der Waals surface area (Å²) in [7, 11) is 3.16. The standard InChI is InChI=1S/C36H32O9/c1-41-21-8-3-19(4-9-21)5-10-24-18-28(38)32-31-25-13-7-20(15-30(25)45-36(33(31)39)34(40)35(32)44-24)6-11-23-17-27(37)26-16-22(42-2)12-14-29(26)43-23/h3-4,7-9,12-18,31,33-34,36,39-40H,5-6,10-11H2,1-2H3. The molecule has 0 saturated heterocycles. The Morgan fingerprint density at radius 3 is 2.13 bits per heavy atom.